The van der Waals surface area contributed by atoms with Crippen molar-refractivity contribution < 1.29 is 19.8 Å². The Hall–Kier alpha value is -3.17. The van der Waals surface area contributed by atoms with Crippen LogP contribution in [0.3, 0.4) is 0 Å². The number of halogens is 1. The predicted molar refractivity (Wildman–Crippen MR) is 120 cm³/mol. The summed E-state index contributed by atoms with van der Waals surface area (Å²) in [4.78, 5) is 21.3. The van der Waals surface area contributed by atoms with Crippen molar-refractivity contribution >= 4 is 17.7 Å². The Morgan fingerprint density at radius 3 is 2.38 bits per heavy atom. The molecule has 1 fully saturated rings. The Kier molecular flexibility index (Phi) is 6.29. The van der Waals surface area contributed by atoms with Crippen LogP contribution in [0.5, 0.6) is 11.8 Å². The Balaban J connectivity index is 1.43. The standard InChI is InChI=1S/C22H26ClN5O4/c1-15(2)27-14-16(21(24-27)17-5-3-4-6-18(17)23)13-25-9-11-26(12-10-25)22(31)32-28-19(29)7-8-20(28)30/h3-8,14-15,29-30H,9-13H2,1-2H3. The Labute approximate surface area is 190 Å². The average Bonchev–Trinajstić information content (AvgIpc) is 3.33. The van der Waals surface area contributed by atoms with Crippen LogP contribution in [0, 0.1) is 0 Å². The first-order valence-corrected chi connectivity index (χ1v) is 10.8. The molecule has 0 aliphatic carbocycles. The van der Waals surface area contributed by atoms with Gasteiger partial charge in [-0.3, -0.25) is 9.58 Å². The molecule has 3 heterocycles. The molecular weight excluding hydrogens is 434 g/mol. The monoisotopic (exact) mass is 459 g/mol. The molecule has 170 valence electrons. The van der Waals surface area contributed by atoms with Gasteiger partial charge in [-0.25, -0.2) is 4.79 Å². The molecule has 3 aromatic rings. The Morgan fingerprint density at radius 2 is 1.75 bits per heavy atom. The van der Waals surface area contributed by atoms with Crippen molar-refractivity contribution in [2.75, 3.05) is 26.2 Å². The van der Waals surface area contributed by atoms with Crippen molar-refractivity contribution in [3.05, 3.63) is 53.2 Å². The third kappa shape index (κ3) is 4.53. The van der Waals surface area contributed by atoms with E-state index in [9.17, 15) is 15.0 Å². The second kappa shape index (κ2) is 9.13. The molecule has 1 amide bonds. The second-order valence-corrected chi connectivity index (χ2v) is 8.43. The van der Waals surface area contributed by atoms with Crippen molar-refractivity contribution in [3.63, 3.8) is 0 Å². The summed E-state index contributed by atoms with van der Waals surface area (Å²) < 4.78 is 2.64. The maximum Gasteiger partial charge on any atom is 0.434 e. The SMILES string of the molecule is CC(C)n1cc(CN2CCN(C(=O)On3c(O)ccc3O)CC2)c(-c2ccccc2Cl)n1. The minimum Gasteiger partial charge on any atom is -0.492 e. The van der Waals surface area contributed by atoms with Gasteiger partial charge in [0, 0.05) is 68.2 Å². The molecule has 1 aromatic carbocycles. The zero-order chi connectivity index (χ0) is 22.8. The first-order valence-electron chi connectivity index (χ1n) is 10.5. The molecule has 1 aliphatic rings. The van der Waals surface area contributed by atoms with Gasteiger partial charge in [-0.15, -0.1) is 4.73 Å². The highest BCUT2D eigenvalue weighted by molar-refractivity contribution is 6.33. The van der Waals surface area contributed by atoms with Crippen molar-refractivity contribution in [2.45, 2.75) is 26.4 Å². The van der Waals surface area contributed by atoms with Gasteiger partial charge >= 0.3 is 6.09 Å². The van der Waals surface area contributed by atoms with E-state index in [-0.39, 0.29) is 17.8 Å². The minimum atomic E-state index is -0.629. The second-order valence-electron chi connectivity index (χ2n) is 8.02. The number of nitrogens with zero attached hydrogens (tertiary/aromatic N) is 5. The van der Waals surface area contributed by atoms with Crippen LogP contribution in [0.25, 0.3) is 11.3 Å². The lowest BCUT2D eigenvalue weighted by atomic mass is 10.1. The molecule has 9 nitrogen and oxygen atoms in total. The number of hydrogen-bond acceptors (Lipinski definition) is 6. The normalized spacial score (nSPS) is 14.8. The predicted octanol–water partition coefficient (Wildman–Crippen LogP) is 3.36. The fourth-order valence-corrected chi connectivity index (χ4v) is 3.88. The summed E-state index contributed by atoms with van der Waals surface area (Å²) in [6.07, 6.45) is 1.43. The average molecular weight is 460 g/mol. The van der Waals surface area contributed by atoms with E-state index in [2.05, 4.69) is 24.9 Å². The zero-order valence-corrected chi connectivity index (χ0v) is 18.7. The lowest BCUT2D eigenvalue weighted by molar-refractivity contribution is 0.0555. The van der Waals surface area contributed by atoms with E-state index in [1.807, 2.05) is 28.9 Å². The van der Waals surface area contributed by atoms with Gasteiger partial charge in [-0.1, -0.05) is 29.8 Å². The number of aromatic hydroxyl groups is 2. The van der Waals surface area contributed by atoms with E-state index in [1.54, 1.807) is 4.90 Å². The summed E-state index contributed by atoms with van der Waals surface area (Å²) in [5.41, 5.74) is 2.84. The maximum absolute atomic E-state index is 12.4. The number of amides is 1. The summed E-state index contributed by atoms with van der Waals surface area (Å²) in [5.74, 6) is -0.687. The van der Waals surface area contributed by atoms with Crippen LogP contribution in [-0.2, 0) is 6.54 Å². The fraction of sp³-hybridized carbons (Fsp3) is 0.364. The van der Waals surface area contributed by atoms with Crippen LogP contribution < -0.4 is 4.84 Å². The van der Waals surface area contributed by atoms with Gasteiger partial charge in [-0.05, 0) is 19.9 Å². The third-order valence-corrected chi connectivity index (χ3v) is 5.79. The van der Waals surface area contributed by atoms with Crippen LogP contribution in [0.1, 0.15) is 25.5 Å². The summed E-state index contributed by atoms with van der Waals surface area (Å²) in [6, 6.07) is 10.4. The van der Waals surface area contributed by atoms with E-state index >= 15 is 0 Å². The quantitative estimate of drug-likeness (QED) is 0.607. The highest BCUT2D eigenvalue weighted by atomic mass is 35.5. The van der Waals surface area contributed by atoms with E-state index in [0.29, 0.717) is 42.5 Å². The molecule has 0 bridgehead atoms. The van der Waals surface area contributed by atoms with E-state index in [0.717, 1.165) is 16.8 Å². The number of carbonyl (C=O) groups excluding carboxylic acids is 1. The number of benzene rings is 1. The van der Waals surface area contributed by atoms with Gasteiger partial charge in [0.15, 0.2) is 0 Å². The minimum absolute atomic E-state index is 0.220. The third-order valence-electron chi connectivity index (χ3n) is 5.46. The number of hydrogen-bond donors (Lipinski definition) is 2. The molecule has 1 aliphatic heterocycles. The number of piperazine rings is 1. The molecular formula is C22H26ClN5O4. The number of aromatic nitrogens is 3. The molecule has 4 rings (SSSR count). The van der Waals surface area contributed by atoms with Crippen LogP contribution in [0.2, 0.25) is 5.02 Å². The van der Waals surface area contributed by atoms with Crippen molar-refractivity contribution in [1.82, 2.24) is 24.3 Å². The smallest absolute Gasteiger partial charge is 0.434 e. The maximum atomic E-state index is 12.4. The van der Waals surface area contributed by atoms with E-state index in [4.69, 9.17) is 21.5 Å². The lowest BCUT2D eigenvalue weighted by Crippen LogP contribution is -2.50. The van der Waals surface area contributed by atoms with Crippen molar-refractivity contribution in [1.29, 1.82) is 0 Å². The Bertz CT molecular complexity index is 1080. The Morgan fingerprint density at radius 1 is 1.09 bits per heavy atom. The fourth-order valence-electron chi connectivity index (χ4n) is 3.65. The first kappa shape index (κ1) is 22.0. The summed E-state index contributed by atoms with van der Waals surface area (Å²) in [6.45, 7) is 7.05. The van der Waals surface area contributed by atoms with Crippen LogP contribution in [0.4, 0.5) is 4.79 Å². The summed E-state index contributed by atoms with van der Waals surface area (Å²) in [7, 11) is 0. The molecule has 0 spiro atoms. The molecule has 2 aromatic heterocycles. The van der Waals surface area contributed by atoms with Crippen LogP contribution in [-0.4, -0.2) is 66.8 Å². The van der Waals surface area contributed by atoms with Gasteiger partial charge in [0.05, 0.1) is 10.7 Å². The summed E-state index contributed by atoms with van der Waals surface area (Å²) in [5, 5.41) is 24.7. The molecule has 32 heavy (non-hydrogen) atoms. The zero-order valence-electron chi connectivity index (χ0n) is 18.0. The topological polar surface area (TPSA) is 96.0 Å². The van der Waals surface area contributed by atoms with Gasteiger partial charge in [0.25, 0.3) is 0 Å². The molecule has 1 saturated heterocycles. The van der Waals surface area contributed by atoms with E-state index in [1.165, 1.54) is 12.1 Å². The first-order chi connectivity index (χ1) is 15.3. The van der Waals surface area contributed by atoms with Gasteiger partial charge < -0.3 is 20.0 Å². The molecule has 10 heteroatoms. The molecule has 2 N–H and O–H groups in total. The molecule has 0 saturated carbocycles. The van der Waals surface area contributed by atoms with Crippen molar-refractivity contribution in [3.8, 4) is 23.0 Å². The van der Waals surface area contributed by atoms with Gasteiger partial charge in [-0.2, -0.15) is 5.10 Å². The largest absolute Gasteiger partial charge is 0.492 e. The van der Waals surface area contributed by atoms with Crippen LogP contribution in [0.15, 0.2) is 42.6 Å². The number of carbonyl (C=O) groups is 1. The molecule has 0 radical (unpaired) electrons. The molecule has 0 atom stereocenters. The molecule has 0 unspecified atom stereocenters. The van der Waals surface area contributed by atoms with Crippen molar-refractivity contribution in [2.24, 2.45) is 0 Å². The number of rotatable bonds is 5. The van der Waals surface area contributed by atoms with Gasteiger partial charge in [0.2, 0.25) is 11.8 Å². The summed E-state index contributed by atoms with van der Waals surface area (Å²) >= 11 is 6.44. The lowest BCUT2D eigenvalue weighted by Gasteiger charge is -2.33. The van der Waals surface area contributed by atoms with Gasteiger partial charge in [0.1, 0.15) is 0 Å². The highest BCUT2D eigenvalue weighted by Crippen LogP contribution is 2.31. The van der Waals surface area contributed by atoms with E-state index < -0.39 is 6.09 Å². The highest BCUT2D eigenvalue weighted by Gasteiger charge is 2.26. The van der Waals surface area contributed by atoms with Crippen LogP contribution >= 0.6 is 11.6 Å².